The lowest BCUT2D eigenvalue weighted by Crippen LogP contribution is -2.56. The maximum absolute atomic E-state index is 13.2. The zero-order valence-electron chi connectivity index (χ0n) is 14.2. The molecule has 1 saturated heterocycles. The minimum atomic E-state index is -1.25. The van der Waals surface area contributed by atoms with Gasteiger partial charge in [-0.25, -0.2) is 13.6 Å². The molecule has 8 heteroatoms. The molecule has 2 N–H and O–H groups in total. The molecule has 27 heavy (non-hydrogen) atoms. The number of amides is 1. The van der Waals surface area contributed by atoms with E-state index in [0.29, 0.717) is 30.1 Å². The number of benzene rings is 2. The smallest absolute Gasteiger partial charge is 0.329 e. The zero-order chi connectivity index (χ0) is 19.4. The van der Waals surface area contributed by atoms with Crippen LogP contribution in [-0.4, -0.2) is 34.0 Å². The fourth-order valence-electron chi connectivity index (χ4n) is 2.75. The van der Waals surface area contributed by atoms with Crippen LogP contribution in [0, 0.1) is 11.6 Å². The van der Waals surface area contributed by atoms with E-state index >= 15 is 0 Å². The minimum Gasteiger partial charge on any atom is -0.480 e. The second kappa shape index (κ2) is 7.96. The van der Waals surface area contributed by atoms with Gasteiger partial charge in [0.05, 0.1) is 0 Å². The van der Waals surface area contributed by atoms with Gasteiger partial charge in [-0.05, 0) is 60.7 Å². The third kappa shape index (κ3) is 4.39. The van der Waals surface area contributed by atoms with Crippen molar-refractivity contribution in [2.45, 2.75) is 18.4 Å². The fraction of sp³-hybridized carbons (Fsp3) is 0.263. The van der Waals surface area contributed by atoms with Crippen molar-refractivity contribution in [2.24, 2.45) is 0 Å². The number of hydrogen-bond acceptors (Lipinski definition) is 4. The molecule has 0 aromatic heterocycles. The van der Waals surface area contributed by atoms with Gasteiger partial charge in [-0.1, -0.05) is 0 Å². The summed E-state index contributed by atoms with van der Waals surface area (Å²) in [6.45, 7) is 0. The van der Waals surface area contributed by atoms with Crippen LogP contribution in [0.5, 0.6) is 11.5 Å². The van der Waals surface area contributed by atoms with E-state index in [0.717, 1.165) is 12.1 Å². The number of nitrogens with one attached hydrogen (secondary N) is 1. The lowest BCUT2D eigenvalue weighted by atomic mass is 9.92. The van der Waals surface area contributed by atoms with Crippen molar-refractivity contribution >= 4 is 23.6 Å². The Kier molecular flexibility index (Phi) is 5.65. The molecular formula is C19H17F2NO4S. The molecule has 0 unspecified atom stereocenters. The molecule has 2 aromatic carbocycles. The van der Waals surface area contributed by atoms with Gasteiger partial charge in [0.1, 0.15) is 17.0 Å². The van der Waals surface area contributed by atoms with Crippen LogP contribution in [0.2, 0.25) is 0 Å². The summed E-state index contributed by atoms with van der Waals surface area (Å²) in [6.07, 6.45) is 0.742. The van der Waals surface area contributed by atoms with Crippen LogP contribution in [0.15, 0.2) is 42.5 Å². The van der Waals surface area contributed by atoms with E-state index in [9.17, 15) is 23.5 Å². The highest BCUT2D eigenvalue weighted by atomic mass is 32.2. The van der Waals surface area contributed by atoms with Crippen molar-refractivity contribution in [3.8, 4) is 11.5 Å². The van der Waals surface area contributed by atoms with Gasteiger partial charge < -0.3 is 15.2 Å². The average Bonchev–Trinajstić information content (AvgIpc) is 2.66. The number of halogens is 2. The summed E-state index contributed by atoms with van der Waals surface area (Å²) in [5.41, 5.74) is -0.963. The Morgan fingerprint density at radius 2 is 1.63 bits per heavy atom. The number of aliphatic carboxylic acids is 1. The van der Waals surface area contributed by atoms with Crippen LogP contribution in [0.25, 0.3) is 0 Å². The van der Waals surface area contributed by atoms with Gasteiger partial charge in [-0.2, -0.15) is 11.8 Å². The molecule has 0 bridgehead atoms. The Morgan fingerprint density at radius 3 is 2.22 bits per heavy atom. The summed E-state index contributed by atoms with van der Waals surface area (Å²) >= 11 is 1.66. The van der Waals surface area contributed by atoms with Crippen molar-refractivity contribution < 1.29 is 28.2 Å². The SMILES string of the molecule is O=C(NC1(C(=O)O)CCSCC1)c1ccc(Oc2ccc(F)c(F)c2)cc1. The molecule has 0 spiro atoms. The minimum absolute atomic E-state index is 0.121. The molecule has 0 radical (unpaired) electrons. The summed E-state index contributed by atoms with van der Waals surface area (Å²) in [4.78, 5) is 24.1. The van der Waals surface area contributed by atoms with Gasteiger partial charge in [0.25, 0.3) is 5.91 Å². The maximum atomic E-state index is 13.2. The molecule has 3 rings (SSSR count). The molecule has 0 atom stereocenters. The Balaban J connectivity index is 1.69. The van der Waals surface area contributed by atoms with E-state index in [-0.39, 0.29) is 11.3 Å². The highest BCUT2D eigenvalue weighted by Crippen LogP contribution is 2.28. The summed E-state index contributed by atoms with van der Waals surface area (Å²) in [5.74, 6) is -1.70. The third-order valence-corrected chi connectivity index (χ3v) is 5.34. The topological polar surface area (TPSA) is 75.6 Å². The van der Waals surface area contributed by atoms with Gasteiger partial charge in [0.2, 0.25) is 0 Å². The molecule has 2 aromatic rings. The molecule has 0 saturated carbocycles. The molecule has 142 valence electrons. The first kappa shape index (κ1) is 19.2. The lowest BCUT2D eigenvalue weighted by molar-refractivity contribution is -0.144. The molecule has 1 fully saturated rings. The predicted molar refractivity (Wildman–Crippen MR) is 97.3 cm³/mol. The van der Waals surface area contributed by atoms with E-state index in [1.165, 1.54) is 30.3 Å². The van der Waals surface area contributed by atoms with Gasteiger partial charge in [-0.15, -0.1) is 0 Å². The van der Waals surface area contributed by atoms with Gasteiger partial charge >= 0.3 is 5.97 Å². The van der Waals surface area contributed by atoms with Crippen molar-refractivity contribution in [3.63, 3.8) is 0 Å². The van der Waals surface area contributed by atoms with Crippen LogP contribution in [0.4, 0.5) is 8.78 Å². The molecule has 5 nitrogen and oxygen atoms in total. The van der Waals surface area contributed by atoms with E-state index in [1.54, 1.807) is 11.8 Å². The first-order chi connectivity index (χ1) is 12.9. The number of ether oxygens (including phenoxy) is 1. The van der Waals surface area contributed by atoms with Crippen LogP contribution < -0.4 is 10.1 Å². The van der Waals surface area contributed by atoms with Gasteiger partial charge in [0.15, 0.2) is 11.6 Å². The molecule has 1 aliphatic heterocycles. The predicted octanol–water partition coefficient (Wildman–Crippen LogP) is 3.84. The summed E-state index contributed by atoms with van der Waals surface area (Å²) in [5, 5.41) is 12.2. The van der Waals surface area contributed by atoms with Crippen molar-refractivity contribution in [1.82, 2.24) is 5.32 Å². The number of thioether (sulfide) groups is 1. The fourth-order valence-corrected chi connectivity index (χ4v) is 3.94. The van der Waals surface area contributed by atoms with E-state index < -0.39 is 29.0 Å². The Morgan fingerprint density at radius 1 is 1.00 bits per heavy atom. The number of carbonyl (C=O) groups is 2. The number of hydrogen-bond donors (Lipinski definition) is 2. The van der Waals surface area contributed by atoms with E-state index in [2.05, 4.69) is 5.32 Å². The lowest BCUT2D eigenvalue weighted by Gasteiger charge is -2.33. The van der Waals surface area contributed by atoms with Gasteiger partial charge in [0, 0.05) is 11.6 Å². The molecule has 1 amide bonds. The standard InChI is InChI=1S/C19H17F2NO4S/c20-15-6-5-14(11-16(15)21)26-13-3-1-12(2-4-13)17(23)22-19(18(24)25)7-9-27-10-8-19/h1-6,11H,7-10H2,(H,22,23)(H,24,25). The molecule has 0 aliphatic carbocycles. The Hall–Kier alpha value is -2.61. The van der Waals surface area contributed by atoms with Crippen LogP contribution >= 0.6 is 11.8 Å². The van der Waals surface area contributed by atoms with Crippen LogP contribution in [0.3, 0.4) is 0 Å². The summed E-state index contributed by atoms with van der Waals surface area (Å²) in [6, 6.07) is 9.14. The largest absolute Gasteiger partial charge is 0.480 e. The average molecular weight is 393 g/mol. The van der Waals surface area contributed by atoms with Crippen molar-refractivity contribution in [1.29, 1.82) is 0 Å². The van der Waals surface area contributed by atoms with Gasteiger partial charge in [-0.3, -0.25) is 4.79 Å². The van der Waals surface area contributed by atoms with Crippen molar-refractivity contribution in [2.75, 3.05) is 11.5 Å². The number of carboxylic acids is 1. The Labute approximate surface area is 158 Å². The quantitative estimate of drug-likeness (QED) is 0.807. The first-order valence-electron chi connectivity index (χ1n) is 8.26. The normalized spacial score (nSPS) is 15.8. The van der Waals surface area contributed by atoms with E-state index in [1.807, 2.05) is 0 Å². The molecular weight excluding hydrogens is 376 g/mol. The number of carboxylic acid groups (broad SMARTS) is 1. The molecule has 1 aliphatic rings. The maximum Gasteiger partial charge on any atom is 0.329 e. The monoisotopic (exact) mass is 393 g/mol. The Bertz CT molecular complexity index is 851. The number of carbonyl (C=O) groups excluding carboxylic acids is 1. The third-order valence-electron chi connectivity index (χ3n) is 4.35. The summed E-state index contributed by atoms with van der Waals surface area (Å²) < 4.78 is 31.6. The first-order valence-corrected chi connectivity index (χ1v) is 9.42. The van der Waals surface area contributed by atoms with Crippen molar-refractivity contribution in [3.05, 3.63) is 59.7 Å². The molecule has 1 heterocycles. The highest BCUT2D eigenvalue weighted by molar-refractivity contribution is 7.99. The second-order valence-corrected chi connectivity index (χ2v) is 7.38. The highest BCUT2D eigenvalue weighted by Gasteiger charge is 2.41. The van der Waals surface area contributed by atoms with Crippen LogP contribution in [0.1, 0.15) is 23.2 Å². The summed E-state index contributed by atoms with van der Waals surface area (Å²) in [7, 11) is 0. The zero-order valence-corrected chi connectivity index (χ0v) is 15.0. The number of rotatable bonds is 5. The van der Waals surface area contributed by atoms with Crippen LogP contribution in [-0.2, 0) is 4.79 Å². The second-order valence-electron chi connectivity index (χ2n) is 6.16. The van der Waals surface area contributed by atoms with E-state index in [4.69, 9.17) is 4.74 Å².